The number of hydrogen-bond donors (Lipinski definition) is 0. The van der Waals surface area contributed by atoms with Crippen molar-refractivity contribution in [1.82, 2.24) is 4.90 Å². The molecule has 1 heterocycles. The van der Waals surface area contributed by atoms with Crippen molar-refractivity contribution in [3.8, 4) is 5.75 Å². The molecule has 1 aliphatic heterocycles. The summed E-state index contributed by atoms with van der Waals surface area (Å²) in [4.78, 5) is 14.4. The molecule has 0 spiro atoms. The highest BCUT2D eigenvalue weighted by atomic mass is 16.5. The molecule has 0 aliphatic carbocycles. The molecule has 0 radical (unpaired) electrons. The van der Waals surface area contributed by atoms with E-state index in [0.29, 0.717) is 6.42 Å². The van der Waals surface area contributed by atoms with Gasteiger partial charge in [-0.05, 0) is 25.3 Å². The molecule has 1 atom stereocenters. The van der Waals surface area contributed by atoms with Gasteiger partial charge in [0.1, 0.15) is 5.75 Å². The van der Waals surface area contributed by atoms with E-state index in [9.17, 15) is 4.79 Å². The molecule has 1 fully saturated rings. The van der Waals surface area contributed by atoms with Gasteiger partial charge in [-0.3, -0.25) is 4.79 Å². The van der Waals surface area contributed by atoms with Crippen LogP contribution in [0.4, 0.5) is 0 Å². The van der Waals surface area contributed by atoms with E-state index in [4.69, 9.17) is 4.74 Å². The van der Waals surface area contributed by atoms with Crippen LogP contribution in [0.2, 0.25) is 0 Å². The first-order valence-electron chi connectivity index (χ1n) is 6.80. The molecule has 1 aromatic carbocycles. The Morgan fingerprint density at radius 2 is 2.26 bits per heavy atom. The lowest BCUT2D eigenvalue weighted by atomic mass is 10.0. The standard InChI is InChI=1S/C16H21NO2/c1-3-14-9-6-7-11-17(14)16(18)12-13-8-4-5-10-15(13)19-2/h3-5,8,10,14H,1,6-7,9,11-12H2,2H3. The number of nitrogens with zero attached hydrogens (tertiary/aromatic N) is 1. The number of amides is 1. The number of likely N-dealkylation sites (tertiary alicyclic amines) is 1. The third kappa shape index (κ3) is 3.16. The van der Waals surface area contributed by atoms with E-state index in [1.807, 2.05) is 35.2 Å². The molecule has 19 heavy (non-hydrogen) atoms. The van der Waals surface area contributed by atoms with E-state index in [0.717, 1.165) is 30.7 Å². The summed E-state index contributed by atoms with van der Waals surface area (Å²) < 4.78 is 5.30. The zero-order chi connectivity index (χ0) is 13.7. The fourth-order valence-corrected chi connectivity index (χ4v) is 2.63. The van der Waals surface area contributed by atoms with Gasteiger partial charge < -0.3 is 9.64 Å². The molecule has 3 heteroatoms. The highest BCUT2D eigenvalue weighted by Crippen LogP contribution is 2.22. The third-order valence-electron chi connectivity index (χ3n) is 3.68. The van der Waals surface area contributed by atoms with Gasteiger partial charge in [0.2, 0.25) is 5.91 Å². The third-order valence-corrected chi connectivity index (χ3v) is 3.68. The maximum atomic E-state index is 12.4. The monoisotopic (exact) mass is 259 g/mol. The largest absolute Gasteiger partial charge is 0.496 e. The lowest BCUT2D eigenvalue weighted by Gasteiger charge is -2.34. The average molecular weight is 259 g/mol. The van der Waals surface area contributed by atoms with Gasteiger partial charge >= 0.3 is 0 Å². The Morgan fingerprint density at radius 3 is 3.00 bits per heavy atom. The van der Waals surface area contributed by atoms with Crippen LogP contribution < -0.4 is 4.74 Å². The number of para-hydroxylation sites is 1. The lowest BCUT2D eigenvalue weighted by Crippen LogP contribution is -2.43. The second kappa shape index (κ2) is 6.41. The minimum absolute atomic E-state index is 0.161. The molecule has 1 unspecified atom stereocenters. The first-order valence-corrected chi connectivity index (χ1v) is 6.80. The number of methoxy groups -OCH3 is 1. The average Bonchev–Trinajstić information content (AvgIpc) is 2.47. The van der Waals surface area contributed by atoms with Gasteiger partial charge in [0.15, 0.2) is 0 Å². The SMILES string of the molecule is C=CC1CCCCN1C(=O)Cc1ccccc1OC. The number of carbonyl (C=O) groups is 1. The van der Waals surface area contributed by atoms with Crippen molar-refractivity contribution in [3.05, 3.63) is 42.5 Å². The van der Waals surface area contributed by atoms with Crippen LogP contribution in [0.25, 0.3) is 0 Å². The fourth-order valence-electron chi connectivity index (χ4n) is 2.63. The quantitative estimate of drug-likeness (QED) is 0.778. The molecule has 0 N–H and O–H groups in total. The van der Waals surface area contributed by atoms with Crippen molar-refractivity contribution < 1.29 is 9.53 Å². The minimum atomic E-state index is 0.161. The highest BCUT2D eigenvalue weighted by Gasteiger charge is 2.24. The summed E-state index contributed by atoms with van der Waals surface area (Å²) in [6.45, 7) is 4.68. The van der Waals surface area contributed by atoms with Crippen LogP contribution in [-0.4, -0.2) is 30.5 Å². The molecule has 102 valence electrons. The van der Waals surface area contributed by atoms with Crippen LogP contribution in [0.1, 0.15) is 24.8 Å². The number of ether oxygens (including phenoxy) is 1. The van der Waals surface area contributed by atoms with Gasteiger partial charge in [-0.25, -0.2) is 0 Å². The second-order valence-electron chi connectivity index (χ2n) is 4.87. The first-order chi connectivity index (χ1) is 9.26. The van der Waals surface area contributed by atoms with E-state index in [2.05, 4.69) is 6.58 Å². The van der Waals surface area contributed by atoms with Crippen molar-refractivity contribution in [2.45, 2.75) is 31.7 Å². The van der Waals surface area contributed by atoms with Crippen LogP contribution in [0.15, 0.2) is 36.9 Å². The Balaban J connectivity index is 2.09. The van der Waals surface area contributed by atoms with Crippen LogP contribution in [0.5, 0.6) is 5.75 Å². The van der Waals surface area contributed by atoms with E-state index in [1.54, 1.807) is 7.11 Å². The smallest absolute Gasteiger partial charge is 0.227 e. The van der Waals surface area contributed by atoms with Crippen molar-refractivity contribution >= 4 is 5.91 Å². The predicted molar refractivity (Wildman–Crippen MR) is 76.2 cm³/mol. The van der Waals surface area contributed by atoms with Gasteiger partial charge in [-0.15, -0.1) is 6.58 Å². The van der Waals surface area contributed by atoms with E-state index in [-0.39, 0.29) is 11.9 Å². The topological polar surface area (TPSA) is 29.5 Å². The summed E-state index contributed by atoms with van der Waals surface area (Å²) in [6, 6.07) is 7.89. The Bertz CT molecular complexity index is 456. The van der Waals surface area contributed by atoms with Gasteiger partial charge in [0, 0.05) is 18.2 Å². The Labute approximate surface area is 114 Å². The summed E-state index contributed by atoms with van der Waals surface area (Å²) in [5.41, 5.74) is 0.948. The first kappa shape index (κ1) is 13.7. The Kier molecular flexibility index (Phi) is 4.61. The number of benzene rings is 1. The van der Waals surface area contributed by atoms with E-state index in [1.165, 1.54) is 6.42 Å². The number of piperidine rings is 1. The lowest BCUT2D eigenvalue weighted by molar-refractivity contribution is -0.133. The van der Waals surface area contributed by atoms with Crippen molar-refractivity contribution in [2.24, 2.45) is 0 Å². The van der Waals surface area contributed by atoms with Crippen LogP contribution in [-0.2, 0) is 11.2 Å². The number of carbonyl (C=O) groups excluding carboxylic acids is 1. The summed E-state index contributed by atoms with van der Waals surface area (Å²) >= 11 is 0. The zero-order valence-corrected chi connectivity index (χ0v) is 11.5. The molecule has 1 amide bonds. The molecule has 1 aromatic rings. The molecular formula is C16H21NO2. The highest BCUT2D eigenvalue weighted by molar-refractivity contribution is 5.80. The predicted octanol–water partition coefficient (Wildman–Crippen LogP) is 2.80. The molecule has 0 saturated carbocycles. The van der Waals surface area contributed by atoms with Gasteiger partial charge in [0.25, 0.3) is 0 Å². The van der Waals surface area contributed by atoms with Crippen LogP contribution >= 0.6 is 0 Å². The van der Waals surface area contributed by atoms with Gasteiger partial charge in [-0.1, -0.05) is 24.3 Å². The van der Waals surface area contributed by atoms with Crippen molar-refractivity contribution in [2.75, 3.05) is 13.7 Å². The Morgan fingerprint density at radius 1 is 1.47 bits per heavy atom. The summed E-state index contributed by atoms with van der Waals surface area (Å²) in [5, 5.41) is 0. The Hall–Kier alpha value is -1.77. The second-order valence-corrected chi connectivity index (χ2v) is 4.87. The summed E-state index contributed by atoms with van der Waals surface area (Å²) in [6.07, 6.45) is 5.58. The number of rotatable bonds is 4. The van der Waals surface area contributed by atoms with Crippen molar-refractivity contribution in [1.29, 1.82) is 0 Å². The van der Waals surface area contributed by atoms with Crippen molar-refractivity contribution in [3.63, 3.8) is 0 Å². The van der Waals surface area contributed by atoms with Gasteiger partial charge in [-0.2, -0.15) is 0 Å². The van der Waals surface area contributed by atoms with E-state index < -0.39 is 0 Å². The molecule has 0 bridgehead atoms. The summed E-state index contributed by atoms with van der Waals surface area (Å²) in [5.74, 6) is 0.942. The van der Waals surface area contributed by atoms with Crippen LogP contribution in [0.3, 0.4) is 0 Å². The molecule has 0 aromatic heterocycles. The van der Waals surface area contributed by atoms with E-state index >= 15 is 0 Å². The molecule has 2 rings (SSSR count). The molecule has 3 nitrogen and oxygen atoms in total. The molecule has 1 saturated heterocycles. The van der Waals surface area contributed by atoms with Crippen LogP contribution in [0, 0.1) is 0 Å². The van der Waals surface area contributed by atoms with Gasteiger partial charge in [0.05, 0.1) is 13.5 Å². The zero-order valence-electron chi connectivity index (χ0n) is 11.5. The number of hydrogen-bond acceptors (Lipinski definition) is 2. The normalized spacial score (nSPS) is 19.0. The molecular weight excluding hydrogens is 238 g/mol. The summed E-state index contributed by atoms with van der Waals surface area (Å²) in [7, 11) is 1.64. The minimum Gasteiger partial charge on any atom is -0.496 e. The molecule has 1 aliphatic rings. The fraction of sp³-hybridized carbons (Fsp3) is 0.438. The maximum absolute atomic E-state index is 12.4. The maximum Gasteiger partial charge on any atom is 0.227 e.